The van der Waals surface area contributed by atoms with Gasteiger partial charge in [-0.05, 0) is 31.6 Å². The van der Waals surface area contributed by atoms with Crippen LogP contribution in [0.25, 0.3) is 0 Å². The first-order valence-electron chi connectivity index (χ1n) is 13.0. The van der Waals surface area contributed by atoms with Crippen LogP contribution in [0.5, 0.6) is 0 Å². The minimum atomic E-state index is -1.11. The molecule has 0 spiro atoms. The van der Waals surface area contributed by atoms with Gasteiger partial charge in [-0.2, -0.15) is 0 Å². The van der Waals surface area contributed by atoms with E-state index in [1.807, 2.05) is 20.8 Å². The summed E-state index contributed by atoms with van der Waals surface area (Å²) in [5, 5.41) is 8.26. The lowest BCUT2D eigenvalue weighted by Crippen LogP contribution is -2.60. The maximum atomic E-state index is 13.3. The number of rotatable bonds is 16. The number of unbranched alkanes of at least 4 members (excludes halogenated alkanes) is 2. The Morgan fingerprint density at radius 1 is 0.944 bits per heavy atom. The van der Waals surface area contributed by atoms with Gasteiger partial charge in [0.1, 0.15) is 17.7 Å². The van der Waals surface area contributed by atoms with Crippen LogP contribution >= 0.6 is 0 Å². The van der Waals surface area contributed by atoms with Crippen molar-refractivity contribution in [2.45, 2.75) is 104 Å². The zero-order valence-corrected chi connectivity index (χ0v) is 23.2. The third kappa shape index (κ3) is 10.2. The van der Waals surface area contributed by atoms with E-state index in [4.69, 9.17) is 4.74 Å². The second-order valence-electron chi connectivity index (χ2n) is 10.8. The molecule has 0 bridgehead atoms. The number of ketones is 1. The van der Waals surface area contributed by atoms with Crippen LogP contribution in [-0.4, -0.2) is 78.2 Å². The van der Waals surface area contributed by atoms with Crippen LogP contribution in [-0.2, 0) is 28.7 Å². The summed E-state index contributed by atoms with van der Waals surface area (Å²) in [4.78, 5) is 65.0. The number of hydrogen-bond acceptors (Lipinski definition) is 6. The number of carbonyl (C=O) groups is 5. The SMILES string of the molecule is CCCCCC(=O)N[C@H](C(=O)N[C@@H](CN(C)C(C)=O)C(=O)N[C@@H](CC(C)C)C(=O)[C@]1(C)CO1)C(C)C. The van der Waals surface area contributed by atoms with Crippen molar-refractivity contribution >= 4 is 29.4 Å². The van der Waals surface area contributed by atoms with Crippen LogP contribution in [0.2, 0.25) is 0 Å². The van der Waals surface area contributed by atoms with E-state index in [0.717, 1.165) is 19.3 Å². The Hall–Kier alpha value is -2.49. The van der Waals surface area contributed by atoms with Crippen molar-refractivity contribution in [1.82, 2.24) is 20.9 Å². The molecule has 10 heteroatoms. The van der Waals surface area contributed by atoms with E-state index >= 15 is 0 Å². The first kappa shape index (κ1) is 31.5. The molecular weight excluding hydrogens is 464 g/mol. The number of Topliss-reactive ketones (excluding diaryl/α,β-unsaturated/α-hetero) is 1. The first-order valence-corrected chi connectivity index (χ1v) is 13.0. The maximum Gasteiger partial charge on any atom is 0.245 e. The molecule has 0 aliphatic carbocycles. The van der Waals surface area contributed by atoms with Crippen LogP contribution in [0, 0.1) is 11.8 Å². The molecule has 1 heterocycles. The Morgan fingerprint density at radius 2 is 1.53 bits per heavy atom. The van der Waals surface area contributed by atoms with Crippen molar-refractivity contribution < 1.29 is 28.7 Å². The predicted octanol–water partition coefficient (Wildman–Crippen LogP) is 1.56. The number of amides is 4. The molecule has 0 aromatic rings. The summed E-state index contributed by atoms with van der Waals surface area (Å²) < 4.78 is 5.29. The predicted molar refractivity (Wildman–Crippen MR) is 137 cm³/mol. The molecule has 4 amide bonds. The van der Waals surface area contributed by atoms with E-state index in [-0.39, 0.29) is 36.0 Å². The molecule has 1 aliphatic heterocycles. The van der Waals surface area contributed by atoms with Gasteiger partial charge in [-0.3, -0.25) is 24.0 Å². The van der Waals surface area contributed by atoms with Gasteiger partial charge < -0.3 is 25.6 Å². The largest absolute Gasteiger partial charge is 0.361 e. The van der Waals surface area contributed by atoms with Crippen LogP contribution in [0.1, 0.15) is 80.6 Å². The molecule has 36 heavy (non-hydrogen) atoms. The number of hydrogen-bond donors (Lipinski definition) is 3. The number of carbonyl (C=O) groups excluding carboxylic acids is 5. The molecule has 0 radical (unpaired) electrons. The quantitative estimate of drug-likeness (QED) is 0.213. The summed E-state index contributed by atoms with van der Waals surface area (Å²) in [5.41, 5.74) is -0.910. The number of likely N-dealkylation sites (N-methyl/N-ethyl adjacent to an activating group) is 1. The fourth-order valence-corrected chi connectivity index (χ4v) is 3.77. The van der Waals surface area contributed by atoms with Crippen LogP contribution in [0.15, 0.2) is 0 Å². The fraction of sp³-hybridized carbons (Fsp3) is 0.808. The van der Waals surface area contributed by atoms with E-state index in [2.05, 4.69) is 16.0 Å². The molecule has 1 aliphatic rings. The minimum absolute atomic E-state index is 0.0848. The Kier molecular flexibility index (Phi) is 12.5. The van der Waals surface area contributed by atoms with E-state index in [0.29, 0.717) is 19.4 Å². The molecule has 1 saturated heterocycles. The Morgan fingerprint density at radius 3 is 2.00 bits per heavy atom. The van der Waals surface area contributed by atoms with Crippen molar-refractivity contribution in [3.05, 3.63) is 0 Å². The lowest BCUT2D eigenvalue weighted by Gasteiger charge is -2.29. The second-order valence-corrected chi connectivity index (χ2v) is 10.8. The zero-order chi connectivity index (χ0) is 27.6. The molecule has 0 saturated carbocycles. The Labute approximate surface area is 215 Å². The molecule has 206 valence electrons. The van der Waals surface area contributed by atoms with Crippen molar-refractivity contribution in [3.63, 3.8) is 0 Å². The number of nitrogens with one attached hydrogen (secondary N) is 3. The van der Waals surface area contributed by atoms with Crippen LogP contribution < -0.4 is 16.0 Å². The highest BCUT2D eigenvalue weighted by atomic mass is 16.6. The number of nitrogens with zero attached hydrogens (tertiary/aromatic N) is 1. The van der Waals surface area contributed by atoms with Gasteiger partial charge in [0.15, 0.2) is 5.78 Å². The first-order chi connectivity index (χ1) is 16.7. The smallest absolute Gasteiger partial charge is 0.245 e. The maximum absolute atomic E-state index is 13.3. The summed E-state index contributed by atoms with van der Waals surface area (Å²) in [6.07, 6.45) is 3.37. The molecule has 0 aromatic heterocycles. The normalized spacial score (nSPS) is 19.3. The van der Waals surface area contributed by atoms with Gasteiger partial charge in [0.2, 0.25) is 23.6 Å². The minimum Gasteiger partial charge on any atom is -0.361 e. The lowest BCUT2D eigenvalue weighted by atomic mass is 9.93. The molecular formula is C26H46N4O6. The fourth-order valence-electron chi connectivity index (χ4n) is 3.77. The molecule has 1 fully saturated rings. The topological polar surface area (TPSA) is 137 Å². The van der Waals surface area contributed by atoms with E-state index in [1.165, 1.54) is 18.9 Å². The van der Waals surface area contributed by atoms with Crippen LogP contribution in [0.4, 0.5) is 0 Å². The van der Waals surface area contributed by atoms with Gasteiger partial charge >= 0.3 is 0 Å². The molecule has 0 aromatic carbocycles. The van der Waals surface area contributed by atoms with Crippen molar-refractivity contribution in [1.29, 1.82) is 0 Å². The lowest BCUT2D eigenvalue weighted by molar-refractivity contribution is -0.136. The van der Waals surface area contributed by atoms with Gasteiger partial charge in [-0.25, -0.2) is 0 Å². The van der Waals surface area contributed by atoms with Crippen molar-refractivity contribution in [2.24, 2.45) is 11.8 Å². The average Bonchev–Trinajstić information content (AvgIpc) is 3.53. The number of epoxide rings is 1. The van der Waals surface area contributed by atoms with Gasteiger partial charge in [-0.1, -0.05) is 47.5 Å². The van der Waals surface area contributed by atoms with Crippen molar-refractivity contribution in [3.8, 4) is 0 Å². The molecule has 10 nitrogen and oxygen atoms in total. The standard InChI is InChI=1S/C26H46N4O6/c1-9-10-11-12-21(32)29-22(17(4)5)25(35)28-20(14-30(8)18(6)31)24(34)27-19(13-16(2)3)23(33)26(7)15-36-26/h16-17,19-20,22H,9-15H2,1-8H3,(H,27,34)(H,28,35)(H,29,32)/t19-,20-,22-,26-/m0/s1. The summed E-state index contributed by atoms with van der Waals surface area (Å²) in [7, 11) is 1.53. The Balaban J connectivity index is 3.03. The molecule has 3 N–H and O–H groups in total. The average molecular weight is 511 g/mol. The zero-order valence-electron chi connectivity index (χ0n) is 23.2. The monoisotopic (exact) mass is 510 g/mol. The Bertz CT molecular complexity index is 793. The summed E-state index contributed by atoms with van der Waals surface area (Å²) in [6.45, 7) is 12.8. The summed E-state index contributed by atoms with van der Waals surface area (Å²) >= 11 is 0. The van der Waals surface area contributed by atoms with E-state index in [1.54, 1.807) is 20.8 Å². The molecule has 1 rings (SSSR count). The molecule has 4 atom stereocenters. The van der Waals surface area contributed by atoms with E-state index < -0.39 is 35.5 Å². The second kappa shape index (κ2) is 14.3. The molecule has 0 unspecified atom stereocenters. The highest BCUT2D eigenvalue weighted by Crippen LogP contribution is 2.29. The highest BCUT2D eigenvalue weighted by Gasteiger charge is 2.50. The third-order valence-corrected chi connectivity index (χ3v) is 6.34. The van der Waals surface area contributed by atoms with Gasteiger partial charge in [-0.15, -0.1) is 0 Å². The third-order valence-electron chi connectivity index (χ3n) is 6.34. The van der Waals surface area contributed by atoms with Gasteiger partial charge in [0.25, 0.3) is 0 Å². The highest BCUT2D eigenvalue weighted by molar-refractivity contribution is 5.98. The van der Waals surface area contributed by atoms with Gasteiger partial charge in [0, 0.05) is 26.9 Å². The summed E-state index contributed by atoms with van der Waals surface area (Å²) in [6, 6.07) is -2.74. The van der Waals surface area contributed by atoms with Gasteiger partial charge in [0.05, 0.1) is 12.6 Å². The van der Waals surface area contributed by atoms with Crippen molar-refractivity contribution in [2.75, 3.05) is 20.2 Å². The number of ether oxygens (including phenoxy) is 1. The van der Waals surface area contributed by atoms with Crippen LogP contribution in [0.3, 0.4) is 0 Å². The summed E-state index contributed by atoms with van der Waals surface area (Å²) in [5.74, 6) is -1.90. The van der Waals surface area contributed by atoms with E-state index in [9.17, 15) is 24.0 Å².